The van der Waals surface area contributed by atoms with Crippen molar-refractivity contribution in [2.24, 2.45) is 5.92 Å². The van der Waals surface area contributed by atoms with E-state index in [1.165, 1.54) is 12.0 Å². The molecule has 3 rings (SSSR count). The van der Waals surface area contributed by atoms with Crippen molar-refractivity contribution >= 4 is 21.8 Å². The van der Waals surface area contributed by atoms with Crippen LogP contribution >= 0.6 is 15.9 Å². The van der Waals surface area contributed by atoms with Gasteiger partial charge in [-0.25, -0.2) is 0 Å². The van der Waals surface area contributed by atoms with E-state index in [0.29, 0.717) is 6.42 Å². The minimum Gasteiger partial charge on any atom is -0.350 e. The van der Waals surface area contributed by atoms with E-state index < -0.39 is 12.0 Å². The second-order valence-electron chi connectivity index (χ2n) is 6.83. The van der Waals surface area contributed by atoms with Gasteiger partial charge >= 0.3 is 0 Å². The third kappa shape index (κ3) is 3.91. The van der Waals surface area contributed by atoms with Crippen molar-refractivity contribution in [1.29, 1.82) is 0 Å². The Bertz CT molecular complexity index is 596. The lowest BCUT2D eigenvalue weighted by Gasteiger charge is -2.38. The molecule has 124 valence electrons. The summed E-state index contributed by atoms with van der Waals surface area (Å²) in [5, 5.41) is 14.0. The normalized spacial score (nSPS) is 25.6. The van der Waals surface area contributed by atoms with Crippen molar-refractivity contribution in [3.05, 3.63) is 44.4 Å². The number of benzene rings is 1. The highest BCUT2D eigenvalue weighted by Gasteiger charge is 2.54. The Kier molecular flexibility index (Phi) is 4.71. The molecule has 2 aliphatic carbocycles. The number of amides is 1. The summed E-state index contributed by atoms with van der Waals surface area (Å²) in [4.78, 5) is 22.9. The Morgan fingerprint density at radius 3 is 2.48 bits per heavy atom. The van der Waals surface area contributed by atoms with Gasteiger partial charge in [-0.2, -0.15) is 0 Å². The van der Waals surface area contributed by atoms with Crippen molar-refractivity contribution in [3.63, 3.8) is 0 Å². The van der Waals surface area contributed by atoms with E-state index in [-0.39, 0.29) is 16.4 Å². The van der Waals surface area contributed by atoms with Gasteiger partial charge < -0.3 is 5.32 Å². The molecule has 1 aromatic carbocycles. The lowest BCUT2D eigenvalue weighted by Crippen LogP contribution is -2.52. The molecular weight excluding hydrogens is 360 g/mol. The number of nitrogens with one attached hydrogen (secondary N) is 1. The van der Waals surface area contributed by atoms with Crippen LogP contribution in [0.4, 0.5) is 0 Å². The van der Waals surface area contributed by atoms with Crippen molar-refractivity contribution in [1.82, 2.24) is 5.32 Å². The molecule has 2 aliphatic rings. The zero-order valence-electron chi connectivity index (χ0n) is 13.0. The largest absolute Gasteiger partial charge is 0.350 e. The summed E-state index contributed by atoms with van der Waals surface area (Å²) in [6.07, 6.45) is 6.46. The molecule has 5 nitrogen and oxygen atoms in total. The fraction of sp³-hybridized carbons (Fsp3) is 0.588. The molecule has 0 spiro atoms. The van der Waals surface area contributed by atoms with E-state index in [1.807, 2.05) is 12.1 Å². The van der Waals surface area contributed by atoms with Gasteiger partial charge in [-0.1, -0.05) is 47.3 Å². The van der Waals surface area contributed by atoms with E-state index in [2.05, 4.69) is 33.4 Å². The molecule has 0 radical (unpaired) electrons. The third-order valence-electron chi connectivity index (χ3n) is 5.02. The second-order valence-corrected chi connectivity index (χ2v) is 7.74. The summed E-state index contributed by atoms with van der Waals surface area (Å²) in [5.41, 5.74) is 0.949. The summed E-state index contributed by atoms with van der Waals surface area (Å²) in [6, 6.07) is 7.49. The predicted octanol–water partition coefficient (Wildman–Crippen LogP) is 3.48. The van der Waals surface area contributed by atoms with Crippen LogP contribution in [0.5, 0.6) is 0 Å². The van der Waals surface area contributed by atoms with Crippen LogP contribution in [0, 0.1) is 16.0 Å². The highest BCUT2D eigenvalue weighted by atomic mass is 79.9. The zero-order chi connectivity index (χ0) is 16.4. The molecule has 0 aromatic heterocycles. The fourth-order valence-corrected chi connectivity index (χ4v) is 3.88. The summed E-state index contributed by atoms with van der Waals surface area (Å²) < 4.78 is 1.04. The highest BCUT2D eigenvalue weighted by Crippen LogP contribution is 2.36. The van der Waals surface area contributed by atoms with Crippen LogP contribution < -0.4 is 5.32 Å². The van der Waals surface area contributed by atoms with Crippen LogP contribution in [0.3, 0.4) is 0 Å². The van der Waals surface area contributed by atoms with Gasteiger partial charge in [-0.15, -0.1) is 0 Å². The first kappa shape index (κ1) is 16.4. The SMILES string of the molecule is O=C(NC1(Cc2ccc(Br)cc2)CCCCC1)C1CC1[N+](=O)[O-]. The number of carbonyl (C=O) groups excluding carboxylic acids is 1. The maximum absolute atomic E-state index is 12.4. The van der Waals surface area contributed by atoms with Gasteiger partial charge in [-0.3, -0.25) is 14.9 Å². The number of nitrogens with zero attached hydrogens (tertiary/aromatic N) is 1. The standard InChI is InChI=1S/C17H21BrN2O3/c18-13-6-4-12(5-7-13)11-17(8-2-1-3-9-17)19-16(21)14-10-15(14)20(22)23/h4-7,14-15H,1-3,8-11H2,(H,19,21). The lowest BCUT2D eigenvalue weighted by atomic mass is 9.77. The van der Waals surface area contributed by atoms with Crippen molar-refractivity contribution < 1.29 is 9.72 Å². The van der Waals surface area contributed by atoms with Crippen LogP contribution in [0.1, 0.15) is 44.1 Å². The van der Waals surface area contributed by atoms with Gasteiger partial charge in [0, 0.05) is 21.4 Å². The average molecular weight is 381 g/mol. The summed E-state index contributed by atoms with van der Waals surface area (Å²) in [6.45, 7) is 0. The molecule has 23 heavy (non-hydrogen) atoms. The van der Waals surface area contributed by atoms with Gasteiger partial charge in [0.2, 0.25) is 11.9 Å². The van der Waals surface area contributed by atoms with Crippen LogP contribution in [-0.4, -0.2) is 22.4 Å². The third-order valence-corrected chi connectivity index (χ3v) is 5.55. The van der Waals surface area contributed by atoms with Crippen LogP contribution in [0.2, 0.25) is 0 Å². The maximum Gasteiger partial charge on any atom is 0.230 e. The van der Waals surface area contributed by atoms with E-state index in [1.54, 1.807) is 0 Å². The molecule has 1 N–H and O–H groups in total. The molecule has 2 atom stereocenters. The Hall–Kier alpha value is -1.43. The molecule has 1 amide bonds. The first-order valence-corrected chi connectivity index (χ1v) is 8.98. The molecule has 2 unspecified atom stereocenters. The van der Waals surface area contributed by atoms with Crippen LogP contribution in [0.15, 0.2) is 28.7 Å². The minimum atomic E-state index is -0.677. The van der Waals surface area contributed by atoms with Gasteiger partial charge in [0.05, 0.1) is 0 Å². The molecule has 0 aliphatic heterocycles. The number of hydrogen-bond acceptors (Lipinski definition) is 3. The van der Waals surface area contributed by atoms with Crippen molar-refractivity contribution in [2.45, 2.75) is 56.5 Å². The minimum absolute atomic E-state index is 0.134. The Morgan fingerprint density at radius 2 is 1.91 bits per heavy atom. The number of halogens is 1. The van der Waals surface area contributed by atoms with E-state index in [4.69, 9.17) is 0 Å². The fourth-order valence-electron chi connectivity index (χ4n) is 3.62. The maximum atomic E-state index is 12.4. The van der Waals surface area contributed by atoms with Crippen molar-refractivity contribution in [3.8, 4) is 0 Å². The van der Waals surface area contributed by atoms with E-state index >= 15 is 0 Å². The Morgan fingerprint density at radius 1 is 1.26 bits per heavy atom. The molecule has 0 bridgehead atoms. The summed E-state index contributed by atoms with van der Waals surface area (Å²) in [5.74, 6) is -0.570. The first-order valence-electron chi connectivity index (χ1n) is 8.19. The van der Waals surface area contributed by atoms with Crippen LogP contribution in [0.25, 0.3) is 0 Å². The molecule has 0 saturated heterocycles. The molecule has 6 heteroatoms. The molecular formula is C17H21BrN2O3. The topological polar surface area (TPSA) is 72.2 Å². The van der Waals surface area contributed by atoms with Crippen molar-refractivity contribution in [2.75, 3.05) is 0 Å². The first-order chi connectivity index (χ1) is 11.0. The number of nitro groups is 1. The number of carbonyl (C=O) groups is 1. The van der Waals surface area contributed by atoms with Gasteiger partial charge in [0.15, 0.2) is 0 Å². The van der Waals surface area contributed by atoms with Crippen LogP contribution in [-0.2, 0) is 11.2 Å². The number of rotatable bonds is 5. The quantitative estimate of drug-likeness (QED) is 0.627. The predicted molar refractivity (Wildman–Crippen MR) is 90.7 cm³/mol. The highest BCUT2D eigenvalue weighted by molar-refractivity contribution is 9.10. The van der Waals surface area contributed by atoms with E-state index in [0.717, 1.165) is 36.6 Å². The molecule has 2 saturated carbocycles. The van der Waals surface area contributed by atoms with E-state index in [9.17, 15) is 14.9 Å². The Balaban J connectivity index is 1.70. The Labute approximate surface area is 144 Å². The summed E-state index contributed by atoms with van der Waals surface area (Å²) in [7, 11) is 0. The molecule has 0 heterocycles. The second kappa shape index (κ2) is 6.59. The van der Waals surface area contributed by atoms with Gasteiger partial charge in [0.1, 0.15) is 5.92 Å². The average Bonchev–Trinajstić information content (AvgIpc) is 3.31. The van der Waals surface area contributed by atoms with Gasteiger partial charge in [-0.05, 0) is 37.0 Å². The smallest absolute Gasteiger partial charge is 0.230 e. The lowest BCUT2D eigenvalue weighted by molar-refractivity contribution is -0.497. The van der Waals surface area contributed by atoms with Gasteiger partial charge in [0.25, 0.3) is 0 Å². The summed E-state index contributed by atoms with van der Waals surface area (Å²) >= 11 is 3.44. The molecule has 2 fully saturated rings. The monoisotopic (exact) mass is 380 g/mol. The molecule has 1 aromatic rings. The number of hydrogen-bond donors (Lipinski definition) is 1. The zero-order valence-corrected chi connectivity index (χ0v) is 14.5.